The van der Waals surface area contributed by atoms with Crippen molar-refractivity contribution in [2.45, 2.75) is 0 Å². The summed E-state index contributed by atoms with van der Waals surface area (Å²) in [6.45, 7) is 0. The van der Waals surface area contributed by atoms with Crippen molar-refractivity contribution >= 4 is 32.6 Å². The molecule has 7 aromatic carbocycles. The molecule has 2 heterocycles. The van der Waals surface area contributed by atoms with Gasteiger partial charge < -0.3 is 0 Å². The van der Waals surface area contributed by atoms with E-state index in [1.165, 1.54) is 38.2 Å². The zero-order valence-electron chi connectivity index (χ0n) is 25.5. The Morgan fingerprint density at radius 3 is 1.55 bits per heavy atom. The number of benzene rings is 7. The predicted molar refractivity (Wildman–Crippen MR) is 193 cm³/mol. The maximum atomic E-state index is 4.89. The van der Waals surface area contributed by atoms with Crippen LogP contribution in [-0.2, 0) is 0 Å². The Morgan fingerprint density at radius 1 is 0.362 bits per heavy atom. The van der Waals surface area contributed by atoms with Crippen LogP contribution in [0, 0.1) is 0 Å². The van der Waals surface area contributed by atoms with E-state index in [1.54, 1.807) is 4.80 Å². The molecule has 0 radical (unpaired) electrons. The molecule has 0 aliphatic carbocycles. The molecule has 4 nitrogen and oxygen atoms in total. The number of fused-ring (bicyclic) bond motifs is 3. The Kier molecular flexibility index (Phi) is 6.43. The summed E-state index contributed by atoms with van der Waals surface area (Å²) in [5.41, 5.74) is 11.8. The fourth-order valence-corrected chi connectivity index (χ4v) is 6.72. The molecule has 0 aliphatic heterocycles. The van der Waals surface area contributed by atoms with E-state index in [1.807, 2.05) is 30.5 Å². The molecular formula is C43H28N4. The smallest absolute Gasteiger partial charge is 0.114 e. The average molecular weight is 601 g/mol. The van der Waals surface area contributed by atoms with Gasteiger partial charge in [0.1, 0.15) is 11.0 Å². The van der Waals surface area contributed by atoms with Crippen molar-refractivity contribution in [3.8, 4) is 50.3 Å². The van der Waals surface area contributed by atoms with Gasteiger partial charge in [-0.25, -0.2) is 0 Å². The summed E-state index contributed by atoms with van der Waals surface area (Å²) >= 11 is 0. The van der Waals surface area contributed by atoms with Gasteiger partial charge >= 0.3 is 0 Å². The zero-order chi connectivity index (χ0) is 31.2. The van der Waals surface area contributed by atoms with Gasteiger partial charge in [0.2, 0.25) is 0 Å². The third-order valence-corrected chi connectivity index (χ3v) is 8.92. The molecule has 0 fully saturated rings. The molecular weight excluding hydrogens is 573 g/mol. The molecule has 47 heavy (non-hydrogen) atoms. The van der Waals surface area contributed by atoms with E-state index in [0.29, 0.717) is 0 Å². The van der Waals surface area contributed by atoms with E-state index < -0.39 is 0 Å². The molecule has 0 saturated carbocycles. The molecule has 9 rings (SSSR count). The highest BCUT2D eigenvalue weighted by atomic mass is 15.5. The van der Waals surface area contributed by atoms with Crippen molar-refractivity contribution in [1.82, 2.24) is 20.0 Å². The molecule has 0 spiro atoms. The van der Waals surface area contributed by atoms with E-state index >= 15 is 0 Å². The highest BCUT2D eigenvalue weighted by Gasteiger charge is 2.16. The Bertz CT molecular complexity index is 2490. The van der Waals surface area contributed by atoms with Crippen LogP contribution >= 0.6 is 0 Å². The zero-order valence-corrected chi connectivity index (χ0v) is 25.5. The summed E-state index contributed by atoms with van der Waals surface area (Å²) in [6, 6.07) is 57.5. The van der Waals surface area contributed by atoms with Gasteiger partial charge in [0.05, 0.1) is 11.4 Å². The molecule has 9 aromatic rings. The molecule has 2 aromatic heterocycles. The van der Waals surface area contributed by atoms with Gasteiger partial charge in [0.25, 0.3) is 0 Å². The first-order valence-corrected chi connectivity index (χ1v) is 15.8. The first kappa shape index (κ1) is 27.0. The van der Waals surface area contributed by atoms with E-state index in [2.05, 4.69) is 145 Å². The second-order valence-corrected chi connectivity index (χ2v) is 11.7. The summed E-state index contributed by atoms with van der Waals surface area (Å²) in [5.74, 6) is 0. The van der Waals surface area contributed by atoms with Crippen LogP contribution < -0.4 is 0 Å². The highest BCUT2D eigenvalue weighted by molar-refractivity contribution is 6.21. The van der Waals surface area contributed by atoms with Crippen LogP contribution in [0.3, 0.4) is 0 Å². The van der Waals surface area contributed by atoms with Crippen LogP contribution in [0.5, 0.6) is 0 Å². The summed E-state index contributed by atoms with van der Waals surface area (Å²) in [4.78, 5) is 6.25. The molecule has 0 bridgehead atoms. The third kappa shape index (κ3) is 4.75. The number of rotatable bonds is 5. The average Bonchev–Trinajstić information content (AvgIpc) is 3.58. The Balaban J connectivity index is 1.10. The quantitative estimate of drug-likeness (QED) is 0.185. The number of hydrogen-bond acceptors (Lipinski definition) is 3. The molecule has 220 valence electrons. The van der Waals surface area contributed by atoms with E-state index in [9.17, 15) is 0 Å². The lowest BCUT2D eigenvalue weighted by Gasteiger charge is -2.17. The maximum Gasteiger partial charge on any atom is 0.114 e. The number of aromatic nitrogens is 4. The first-order valence-electron chi connectivity index (χ1n) is 15.8. The van der Waals surface area contributed by atoms with Gasteiger partial charge in [0.15, 0.2) is 0 Å². The molecule has 4 heteroatoms. The topological polar surface area (TPSA) is 43.6 Å². The normalized spacial score (nSPS) is 11.4. The monoisotopic (exact) mass is 600 g/mol. The van der Waals surface area contributed by atoms with Gasteiger partial charge in [-0.15, -0.1) is 10.2 Å². The van der Waals surface area contributed by atoms with Crippen LogP contribution in [0.4, 0.5) is 0 Å². The van der Waals surface area contributed by atoms with Crippen molar-refractivity contribution in [3.63, 3.8) is 0 Å². The van der Waals surface area contributed by atoms with Gasteiger partial charge in [-0.05, 0) is 97.4 Å². The second kappa shape index (κ2) is 11.2. The lowest BCUT2D eigenvalue weighted by Crippen LogP contribution is -1.98. The standard InChI is InChI=1S/C43H28N4/c1-2-11-29(12-3-1)42-35-15-4-6-17-37(35)43(38-18-7-5-16-36(38)42)30-20-23-34(24-21-30)47-45-40-25-22-32(28-41(40)46-47)31-13-10-14-33(27-31)39-19-8-9-26-44-39/h1-28H. The maximum absolute atomic E-state index is 4.89. The molecule has 0 N–H and O–H groups in total. The fraction of sp³-hybridized carbons (Fsp3) is 0. The summed E-state index contributed by atoms with van der Waals surface area (Å²) in [7, 11) is 0. The van der Waals surface area contributed by atoms with Gasteiger partial charge in [-0.2, -0.15) is 4.80 Å². The Labute approximate surface area is 272 Å². The SMILES string of the molecule is c1ccc(-c2c3ccccc3c(-c3ccc(-n4nc5ccc(-c6cccc(-c7ccccn7)c6)cc5n4)cc3)c3ccccc23)cc1. The second-order valence-electron chi connectivity index (χ2n) is 11.7. The summed E-state index contributed by atoms with van der Waals surface area (Å²) in [6.07, 6.45) is 1.82. The van der Waals surface area contributed by atoms with Crippen molar-refractivity contribution < 1.29 is 0 Å². The predicted octanol–water partition coefficient (Wildman–Crippen LogP) is 10.8. The minimum atomic E-state index is 0.850. The lowest BCUT2D eigenvalue weighted by atomic mass is 9.86. The van der Waals surface area contributed by atoms with Crippen molar-refractivity contribution in [3.05, 3.63) is 170 Å². The van der Waals surface area contributed by atoms with Crippen LogP contribution in [-0.4, -0.2) is 20.0 Å². The minimum absolute atomic E-state index is 0.850. The van der Waals surface area contributed by atoms with Crippen LogP contribution in [0.1, 0.15) is 0 Å². The summed E-state index contributed by atoms with van der Waals surface area (Å²) < 4.78 is 0. The highest BCUT2D eigenvalue weighted by Crippen LogP contribution is 2.43. The lowest BCUT2D eigenvalue weighted by molar-refractivity contribution is 0.766. The number of pyridine rings is 1. The van der Waals surface area contributed by atoms with Crippen LogP contribution in [0.2, 0.25) is 0 Å². The first-order chi connectivity index (χ1) is 23.3. The minimum Gasteiger partial charge on any atom is -0.256 e. The molecule has 0 unspecified atom stereocenters. The molecule has 0 amide bonds. The largest absolute Gasteiger partial charge is 0.256 e. The summed E-state index contributed by atoms with van der Waals surface area (Å²) in [5, 5.41) is 14.7. The van der Waals surface area contributed by atoms with E-state index in [4.69, 9.17) is 10.2 Å². The number of hydrogen-bond donors (Lipinski definition) is 0. The molecule has 0 atom stereocenters. The van der Waals surface area contributed by atoms with Gasteiger partial charge in [-0.3, -0.25) is 4.98 Å². The van der Waals surface area contributed by atoms with Crippen LogP contribution in [0.25, 0.3) is 82.9 Å². The van der Waals surface area contributed by atoms with E-state index in [-0.39, 0.29) is 0 Å². The van der Waals surface area contributed by atoms with E-state index in [0.717, 1.165) is 44.7 Å². The van der Waals surface area contributed by atoms with Gasteiger partial charge in [-0.1, -0.05) is 121 Å². The Morgan fingerprint density at radius 2 is 0.894 bits per heavy atom. The third-order valence-electron chi connectivity index (χ3n) is 8.92. The molecule has 0 aliphatic rings. The fourth-order valence-electron chi connectivity index (χ4n) is 6.72. The van der Waals surface area contributed by atoms with Gasteiger partial charge in [0, 0.05) is 11.8 Å². The van der Waals surface area contributed by atoms with Crippen LogP contribution in [0.15, 0.2) is 170 Å². The van der Waals surface area contributed by atoms with Crippen molar-refractivity contribution in [2.75, 3.05) is 0 Å². The Hall–Kier alpha value is -6.39. The number of nitrogens with zero attached hydrogens (tertiary/aromatic N) is 4. The van der Waals surface area contributed by atoms with Crippen molar-refractivity contribution in [1.29, 1.82) is 0 Å². The molecule has 0 saturated heterocycles. The van der Waals surface area contributed by atoms with Crippen molar-refractivity contribution in [2.24, 2.45) is 0 Å².